The smallest absolute Gasteiger partial charge is 0.394 e. The van der Waals surface area contributed by atoms with Crippen LogP contribution in [0, 0.1) is 0 Å². The van der Waals surface area contributed by atoms with Crippen LogP contribution in [0.3, 0.4) is 0 Å². The van der Waals surface area contributed by atoms with E-state index in [4.69, 9.17) is 9.47 Å². The third kappa shape index (κ3) is 41.3. The lowest BCUT2D eigenvalue weighted by molar-refractivity contribution is -0.298. The molecule has 1 rings (SSSR count). The predicted octanol–water partition coefficient (Wildman–Crippen LogP) is 14.9. The minimum atomic E-state index is -5.08. The average Bonchev–Trinajstić information content (AvgIpc) is 3.36. The molecule has 0 radical (unpaired) electrons. The van der Waals surface area contributed by atoms with Crippen LogP contribution in [-0.4, -0.2) is 95.4 Å². The molecule has 1 aliphatic heterocycles. The van der Waals surface area contributed by atoms with E-state index in [2.05, 4.69) is 23.3 Å². The van der Waals surface area contributed by atoms with Gasteiger partial charge in [0.05, 0.1) is 25.4 Å². The number of aliphatic hydroxyl groups excluding tert-OH is 4. The van der Waals surface area contributed by atoms with Crippen molar-refractivity contribution in [2.24, 2.45) is 0 Å². The first-order valence-corrected chi connectivity index (χ1v) is 32.3. The van der Waals surface area contributed by atoms with E-state index < -0.39 is 59.9 Å². The lowest BCUT2D eigenvalue weighted by atomic mass is 9.99. The second-order valence-corrected chi connectivity index (χ2v) is 23.1. The Labute approximate surface area is 443 Å². The van der Waals surface area contributed by atoms with Gasteiger partial charge in [0.25, 0.3) is 0 Å². The highest BCUT2D eigenvalue weighted by Gasteiger charge is 2.48. The van der Waals surface area contributed by atoms with E-state index in [0.717, 1.165) is 51.4 Å². The highest BCUT2D eigenvalue weighted by atomic mass is 32.3. The zero-order valence-corrected chi connectivity index (χ0v) is 47.6. The number of hydrogen-bond acceptors (Lipinski definition) is 10. The SMILES string of the molecule is CCCCCCCCCCCCCCCCCCCCCCCCCCCCCCCCCCC(=O)NC(COC1OC(CO)C(O)C(OS(=O)(=O)O)C1O)C(O)CCCCCCCCCCCCCCC. The number of unbranched alkanes of at least 4 members (excludes halogenated alkanes) is 43. The van der Waals surface area contributed by atoms with E-state index in [1.807, 2.05) is 0 Å². The largest absolute Gasteiger partial charge is 0.397 e. The van der Waals surface area contributed by atoms with E-state index >= 15 is 0 Å². The van der Waals surface area contributed by atoms with Gasteiger partial charge in [-0.05, 0) is 12.8 Å². The second kappa shape index (κ2) is 49.7. The fraction of sp³-hybridized carbons (Fsp3) is 0.983. The van der Waals surface area contributed by atoms with Gasteiger partial charge in [0.2, 0.25) is 5.91 Å². The van der Waals surface area contributed by atoms with Crippen LogP contribution in [0.5, 0.6) is 0 Å². The van der Waals surface area contributed by atoms with Gasteiger partial charge in [0.15, 0.2) is 6.29 Å². The van der Waals surface area contributed by atoms with Gasteiger partial charge in [0, 0.05) is 6.42 Å². The van der Waals surface area contributed by atoms with Crippen molar-refractivity contribution in [1.29, 1.82) is 0 Å². The normalized spacial score (nSPS) is 19.2. The third-order valence-corrected chi connectivity index (χ3v) is 15.6. The fourth-order valence-electron chi connectivity index (χ4n) is 10.4. The molecule has 13 heteroatoms. The molecule has 0 aromatic carbocycles. The van der Waals surface area contributed by atoms with Crippen LogP contribution in [0.1, 0.15) is 316 Å². The van der Waals surface area contributed by atoms with Gasteiger partial charge in [0.1, 0.15) is 24.4 Å². The maximum absolute atomic E-state index is 13.1. The molecule has 6 N–H and O–H groups in total. The van der Waals surface area contributed by atoms with E-state index in [-0.39, 0.29) is 12.5 Å². The van der Waals surface area contributed by atoms with Gasteiger partial charge in [-0.25, -0.2) is 4.18 Å². The van der Waals surface area contributed by atoms with Gasteiger partial charge in [-0.2, -0.15) is 8.42 Å². The van der Waals surface area contributed by atoms with Crippen molar-refractivity contribution in [3.8, 4) is 0 Å². The van der Waals surface area contributed by atoms with Crippen LogP contribution in [0.15, 0.2) is 0 Å². The zero-order valence-electron chi connectivity index (χ0n) is 46.8. The number of hydrogen-bond donors (Lipinski definition) is 6. The molecule has 7 atom stereocenters. The average molecular weight is 1050 g/mol. The lowest BCUT2D eigenvalue weighted by Gasteiger charge is -2.41. The Bertz CT molecular complexity index is 1280. The van der Waals surface area contributed by atoms with E-state index in [0.29, 0.717) is 12.8 Å². The molecule has 0 aromatic rings. The van der Waals surface area contributed by atoms with Gasteiger partial charge < -0.3 is 35.2 Å². The Morgan fingerprint density at radius 2 is 0.806 bits per heavy atom. The summed E-state index contributed by atoms with van der Waals surface area (Å²) in [6.45, 7) is 3.49. The van der Waals surface area contributed by atoms with Gasteiger partial charge in [-0.3, -0.25) is 9.35 Å². The van der Waals surface area contributed by atoms with Gasteiger partial charge >= 0.3 is 10.4 Å². The molecule has 1 saturated heterocycles. The lowest BCUT2D eigenvalue weighted by Crippen LogP contribution is -2.61. The first-order chi connectivity index (χ1) is 35.0. The standard InChI is InChI=1S/C59H117NO11S/c1-3-5-7-9-11-13-15-17-18-19-20-21-22-23-24-25-26-27-28-29-30-31-32-33-34-35-37-39-41-43-45-47-49-55(63)60-52(53(62)48-46-44-42-40-38-36-16-14-12-10-8-6-4-2)51-69-59-57(65)58(71-72(66,67)68)56(64)54(50-61)70-59/h52-54,56-59,61-62,64-65H,3-51H2,1-2H3,(H,60,63)(H,66,67,68). The number of nitrogens with one attached hydrogen (secondary N) is 1. The first kappa shape index (κ1) is 69.1. The van der Waals surface area contributed by atoms with Crippen molar-refractivity contribution >= 4 is 16.3 Å². The maximum Gasteiger partial charge on any atom is 0.397 e. The number of amides is 1. The topological polar surface area (TPSA) is 192 Å². The maximum atomic E-state index is 13.1. The molecule has 0 saturated carbocycles. The predicted molar refractivity (Wildman–Crippen MR) is 296 cm³/mol. The van der Waals surface area contributed by atoms with Crippen molar-refractivity contribution in [2.75, 3.05) is 13.2 Å². The highest BCUT2D eigenvalue weighted by molar-refractivity contribution is 7.80. The Kier molecular flexibility index (Phi) is 47.7. The summed E-state index contributed by atoms with van der Waals surface area (Å²) in [5.74, 6) is -0.222. The molecule has 72 heavy (non-hydrogen) atoms. The Balaban J connectivity index is 2.19. The molecule has 0 aromatic heterocycles. The van der Waals surface area contributed by atoms with Crippen molar-refractivity contribution in [3.63, 3.8) is 0 Å². The molecule has 430 valence electrons. The minimum Gasteiger partial charge on any atom is -0.394 e. The number of carbonyl (C=O) groups excluding carboxylic acids is 1. The molecule has 0 bridgehead atoms. The summed E-state index contributed by atoms with van der Waals surface area (Å²) < 4.78 is 47.9. The number of ether oxygens (including phenoxy) is 2. The molecular weight excluding hydrogens is 931 g/mol. The Morgan fingerprint density at radius 1 is 0.500 bits per heavy atom. The fourth-order valence-corrected chi connectivity index (χ4v) is 10.9. The zero-order chi connectivity index (χ0) is 52.6. The van der Waals surface area contributed by atoms with Crippen molar-refractivity contribution in [2.45, 2.75) is 358 Å². The van der Waals surface area contributed by atoms with E-state index in [1.54, 1.807) is 0 Å². The van der Waals surface area contributed by atoms with Crippen LogP contribution >= 0.6 is 0 Å². The van der Waals surface area contributed by atoms with Crippen LogP contribution in [0.2, 0.25) is 0 Å². The summed E-state index contributed by atoms with van der Waals surface area (Å²) in [7, 11) is -5.08. The molecule has 1 heterocycles. The molecule has 0 spiro atoms. The number of rotatable bonds is 55. The quantitative estimate of drug-likeness (QED) is 0.0251. The van der Waals surface area contributed by atoms with Crippen LogP contribution in [0.4, 0.5) is 0 Å². The van der Waals surface area contributed by atoms with Gasteiger partial charge in [-0.1, -0.05) is 296 Å². The summed E-state index contributed by atoms with van der Waals surface area (Å²) in [5.41, 5.74) is 0. The summed E-state index contributed by atoms with van der Waals surface area (Å²) in [5, 5.41) is 45.1. The monoisotopic (exact) mass is 1050 g/mol. The third-order valence-electron chi connectivity index (χ3n) is 15.2. The number of carbonyl (C=O) groups is 1. The number of aliphatic hydroxyl groups is 4. The molecule has 12 nitrogen and oxygen atoms in total. The highest BCUT2D eigenvalue weighted by Crippen LogP contribution is 2.26. The summed E-state index contributed by atoms with van der Waals surface area (Å²) in [6, 6.07) is -0.852. The molecule has 1 aliphatic rings. The second-order valence-electron chi connectivity index (χ2n) is 22.0. The van der Waals surface area contributed by atoms with Crippen molar-refractivity contribution in [3.05, 3.63) is 0 Å². The molecular formula is C59H117NO11S. The van der Waals surface area contributed by atoms with Crippen LogP contribution in [0.25, 0.3) is 0 Å². The van der Waals surface area contributed by atoms with Crippen molar-refractivity contribution in [1.82, 2.24) is 5.32 Å². The van der Waals surface area contributed by atoms with Crippen molar-refractivity contribution < 1.29 is 51.8 Å². The summed E-state index contributed by atoms with van der Waals surface area (Å²) >= 11 is 0. The Hall–Kier alpha value is -0.900. The molecule has 1 fully saturated rings. The molecule has 0 aliphatic carbocycles. The summed E-state index contributed by atoms with van der Waals surface area (Å²) in [4.78, 5) is 13.1. The Morgan fingerprint density at radius 3 is 1.11 bits per heavy atom. The first-order valence-electron chi connectivity index (χ1n) is 30.9. The minimum absolute atomic E-state index is 0.222. The van der Waals surface area contributed by atoms with Crippen LogP contribution in [-0.2, 0) is 28.9 Å². The van der Waals surface area contributed by atoms with Gasteiger partial charge in [-0.15, -0.1) is 0 Å². The van der Waals surface area contributed by atoms with E-state index in [1.165, 1.54) is 238 Å². The molecule has 1 amide bonds. The van der Waals surface area contributed by atoms with E-state index in [9.17, 15) is 38.2 Å². The molecule has 7 unspecified atom stereocenters. The van der Waals surface area contributed by atoms with Crippen LogP contribution < -0.4 is 5.32 Å². The summed E-state index contributed by atoms with van der Waals surface area (Å²) in [6.07, 6.45) is 50.0.